The number of rotatable bonds is 11. The molecule has 0 N–H and O–H groups in total. The molecule has 1 aromatic rings. The molecule has 0 saturated carbocycles. The molecule has 0 aliphatic carbocycles. The van der Waals surface area contributed by atoms with Gasteiger partial charge in [-0.3, -0.25) is 0 Å². The highest BCUT2D eigenvalue weighted by atomic mass is 16.5. The molecule has 0 amide bonds. The molecule has 0 fully saturated rings. The predicted octanol–water partition coefficient (Wildman–Crippen LogP) is 6.14. The maximum atomic E-state index is 6.18. The third-order valence-electron chi connectivity index (χ3n) is 5.39. The first kappa shape index (κ1) is 24.1. The SMILES string of the molecule is CCOCC(C)C(C)(C)OCCC(C)(C)OCc1ccc(C(C)(C)C)cc1. The number of hydrogen-bond acceptors (Lipinski definition) is 3. The Kier molecular flexibility index (Phi) is 8.98. The predicted molar refractivity (Wildman–Crippen MR) is 114 cm³/mol. The van der Waals surface area contributed by atoms with Crippen molar-refractivity contribution in [2.24, 2.45) is 5.92 Å². The van der Waals surface area contributed by atoms with Gasteiger partial charge in [0.05, 0.1) is 31.0 Å². The molecule has 1 atom stereocenters. The summed E-state index contributed by atoms with van der Waals surface area (Å²) in [4.78, 5) is 0. The van der Waals surface area contributed by atoms with Gasteiger partial charge in [-0.05, 0) is 57.6 Å². The smallest absolute Gasteiger partial charge is 0.0724 e. The van der Waals surface area contributed by atoms with E-state index in [0.29, 0.717) is 19.1 Å². The number of hydrogen-bond donors (Lipinski definition) is 0. The van der Waals surface area contributed by atoms with E-state index in [4.69, 9.17) is 14.2 Å². The first-order chi connectivity index (χ1) is 12.4. The van der Waals surface area contributed by atoms with Crippen LogP contribution in [0.5, 0.6) is 0 Å². The first-order valence-corrected chi connectivity index (χ1v) is 10.3. The van der Waals surface area contributed by atoms with E-state index in [1.165, 1.54) is 11.1 Å². The Hall–Kier alpha value is -0.900. The molecule has 0 aliphatic rings. The molecule has 0 heterocycles. The molecule has 3 nitrogen and oxygen atoms in total. The van der Waals surface area contributed by atoms with E-state index >= 15 is 0 Å². The molecular weight excluding hydrogens is 336 g/mol. The Morgan fingerprint density at radius 1 is 0.889 bits per heavy atom. The molecule has 1 rings (SSSR count). The maximum absolute atomic E-state index is 6.18. The standard InChI is InChI=1S/C24H42O3/c1-10-25-17-19(2)24(8,9)26-16-15-23(6,7)27-18-20-11-13-21(14-12-20)22(3,4)5/h11-14,19H,10,15-18H2,1-9H3. The highest BCUT2D eigenvalue weighted by Gasteiger charge is 2.28. The van der Waals surface area contributed by atoms with Crippen LogP contribution in [0.1, 0.15) is 79.9 Å². The summed E-state index contributed by atoms with van der Waals surface area (Å²) in [6.07, 6.45) is 0.859. The lowest BCUT2D eigenvalue weighted by Crippen LogP contribution is -2.37. The lowest BCUT2D eigenvalue weighted by molar-refractivity contribution is -0.104. The van der Waals surface area contributed by atoms with Gasteiger partial charge in [-0.1, -0.05) is 52.0 Å². The topological polar surface area (TPSA) is 27.7 Å². The van der Waals surface area contributed by atoms with Crippen LogP contribution in [0.2, 0.25) is 0 Å². The minimum Gasteiger partial charge on any atom is -0.381 e. The first-order valence-electron chi connectivity index (χ1n) is 10.3. The molecule has 0 aliphatic heterocycles. The normalized spacial score (nSPS) is 14.4. The van der Waals surface area contributed by atoms with Gasteiger partial charge in [0.25, 0.3) is 0 Å². The Morgan fingerprint density at radius 2 is 1.48 bits per heavy atom. The van der Waals surface area contributed by atoms with Crippen LogP contribution in [-0.4, -0.2) is 31.0 Å². The molecule has 27 heavy (non-hydrogen) atoms. The van der Waals surface area contributed by atoms with Crippen LogP contribution >= 0.6 is 0 Å². The van der Waals surface area contributed by atoms with E-state index < -0.39 is 0 Å². The quantitative estimate of drug-likeness (QED) is 0.463. The zero-order valence-corrected chi connectivity index (χ0v) is 19.1. The molecule has 156 valence electrons. The number of ether oxygens (including phenoxy) is 3. The highest BCUT2D eigenvalue weighted by Crippen LogP contribution is 2.25. The van der Waals surface area contributed by atoms with Gasteiger partial charge in [-0.25, -0.2) is 0 Å². The minimum absolute atomic E-state index is 0.183. The summed E-state index contributed by atoms with van der Waals surface area (Å²) >= 11 is 0. The minimum atomic E-state index is -0.220. The van der Waals surface area contributed by atoms with Gasteiger partial charge in [0.1, 0.15) is 0 Å². The van der Waals surface area contributed by atoms with Gasteiger partial charge in [0.15, 0.2) is 0 Å². The molecule has 0 spiro atoms. The fourth-order valence-electron chi connectivity index (χ4n) is 2.65. The second-order valence-corrected chi connectivity index (χ2v) is 9.76. The molecule has 1 unspecified atom stereocenters. The van der Waals surface area contributed by atoms with Crippen molar-refractivity contribution in [1.82, 2.24) is 0 Å². The fraction of sp³-hybridized carbons (Fsp3) is 0.750. The maximum Gasteiger partial charge on any atom is 0.0724 e. The van der Waals surface area contributed by atoms with Crippen LogP contribution in [0.3, 0.4) is 0 Å². The van der Waals surface area contributed by atoms with Crippen LogP contribution in [0.25, 0.3) is 0 Å². The van der Waals surface area contributed by atoms with E-state index in [1.807, 2.05) is 6.92 Å². The van der Waals surface area contributed by atoms with Crippen molar-refractivity contribution in [2.45, 2.75) is 92.0 Å². The Labute approximate surface area is 167 Å². The Bertz CT molecular complexity index is 538. The van der Waals surface area contributed by atoms with Crippen LogP contribution < -0.4 is 0 Å². The second kappa shape index (κ2) is 10.0. The largest absolute Gasteiger partial charge is 0.381 e. The van der Waals surface area contributed by atoms with Gasteiger partial charge in [-0.2, -0.15) is 0 Å². The van der Waals surface area contributed by atoms with Crippen molar-refractivity contribution in [3.8, 4) is 0 Å². The Balaban J connectivity index is 2.45. The molecule has 0 radical (unpaired) electrons. The molecule has 0 saturated heterocycles. The van der Waals surface area contributed by atoms with Gasteiger partial charge < -0.3 is 14.2 Å². The van der Waals surface area contributed by atoms with Crippen molar-refractivity contribution < 1.29 is 14.2 Å². The van der Waals surface area contributed by atoms with Crippen molar-refractivity contribution in [3.63, 3.8) is 0 Å². The van der Waals surface area contributed by atoms with Crippen LogP contribution in [0.15, 0.2) is 24.3 Å². The summed E-state index contributed by atoms with van der Waals surface area (Å²) in [6.45, 7) is 22.2. The highest BCUT2D eigenvalue weighted by molar-refractivity contribution is 5.27. The van der Waals surface area contributed by atoms with Crippen molar-refractivity contribution in [3.05, 3.63) is 35.4 Å². The van der Waals surface area contributed by atoms with Crippen LogP contribution in [0.4, 0.5) is 0 Å². The summed E-state index contributed by atoms with van der Waals surface area (Å²) in [7, 11) is 0. The van der Waals surface area contributed by atoms with Crippen LogP contribution in [-0.2, 0) is 26.2 Å². The molecule has 0 bridgehead atoms. The molecule has 1 aromatic carbocycles. The van der Waals surface area contributed by atoms with Crippen LogP contribution in [0, 0.1) is 5.92 Å². The summed E-state index contributed by atoms with van der Waals surface area (Å²) in [5.41, 5.74) is 2.32. The van der Waals surface area contributed by atoms with Gasteiger partial charge in [0, 0.05) is 12.5 Å². The van der Waals surface area contributed by atoms with Crippen molar-refractivity contribution >= 4 is 0 Å². The monoisotopic (exact) mass is 378 g/mol. The average Bonchev–Trinajstić information content (AvgIpc) is 2.57. The lowest BCUT2D eigenvalue weighted by atomic mass is 9.87. The zero-order chi connectivity index (χ0) is 20.7. The fourth-order valence-corrected chi connectivity index (χ4v) is 2.65. The average molecular weight is 379 g/mol. The van der Waals surface area contributed by atoms with Crippen molar-refractivity contribution in [2.75, 3.05) is 19.8 Å². The molecule has 3 heteroatoms. The third-order valence-corrected chi connectivity index (χ3v) is 5.39. The Morgan fingerprint density at radius 3 is 2.00 bits per heavy atom. The molecule has 0 aromatic heterocycles. The van der Waals surface area contributed by atoms with Gasteiger partial charge in [-0.15, -0.1) is 0 Å². The second-order valence-electron chi connectivity index (χ2n) is 9.76. The van der Waals surface area contributed by atoms with Gasteiger partial charge >= 0.3 is 0 Å². The summed E-state index contributed by atoms with van der Waals surface area (Å²) in [5, 5.41) is 0. The third kappa shape index (κ3) is 8.76. The van der Waals surface area contributed by atoms with E-state index in [9.17, 15) is 0 Å². The zero-order valence-electron chi connectivity index (χ0n) is 19.1. The molecular formula is C24H42O3. The lowest BCUT2D eigenvalue weighted by Gasteiger charge is -2.34. The van der Waals surface area contributed by atoms with Crippen molar-refractivity contribution in [1.29, 1.82) is 0 Å². The van der Waals surface area contributed by atoms with E-state index in [0.717, 1.165) is 19.6 Å². The van der Waals surface area contributed by atoms with E-state index in [2.05, 4.69) is 79.7 Å². The number of benzene rings is 1. The summed E-state index contributed by atoms with van der Waals surface area (Å²) < 4.78 is 17.9. The van der Waals surface area contributed by atoms with E-state index in [1.54, 1.807) is 0 Å². The van der Waals surface area contributed by atoms with Gasteiger partial charge in [0.2, 0.25) is 0 Å². The summed E-state index contributed by atoms with van der Waals surface area (Å²) in [5.74, 6) is 0.350. The van der Waals surface area contributed by atoms with E-state index in [-0.39, 0.29) is 16.6 Å². The summed E-state index contributed by atoms with van der Waals surface area (Å²) in [6, 6.07) is 8.76.